The van der Waals surface area contributed by atoms with Gasteiger partial charge in [0.2, 0.25) is 5.60 Å². The molecule has 0 atom stereocenters. The van der Waals surface area contributed by atoms with Crippen molar-refractivity contribution in [2.24, 2.45) is 0 Å². The molecule has 1 radical (unpaired) electrons. The molecule has 0 unspecified atom stereocenters. The van der Waals surface area contributed by atoms with Crippen LogP contribution in [-0.4, -0.2) is 12.0 Å². The van der Waals surface area contributed by atoms with Crippen LogP contribution in [0.4, 0.5) is 0 Å². The SMILES string of the molecule is [O]C(C(Br)(Br)Br)(C(Br)(Br)Br)C(Br)(Br)Br. The van der Waals surface area contributed by atoms with Crippen LogP contribution in [0, 0.1) is 0 Å². The van der Waals surface area contributed by atoms with Crippen LogP contribution in [0.25, 0.3) is 0 Å². The monoisotopic (exact) mass is 774 g/mol. The molecule has 85 valence electrons. The van der Waals surface area contributed by atoms with Crippen molar-refractivity contribution < 1.29 is 5.11 Å². The molecule has 0 aromatic rings. The van der Waals surface area contributed by atoms with Crippen molar-refractivity contribution in [1.29, 1.82) is 0 Å². The second-order valence-corrected chi connectivity index (χ2v) is 22.5. The molecule has 10 heteroatoms. The molecule has 0 saturated heterocycles. The van der Waals surface area contributed by atoms with Crippen molar-refractivity contribution in [1.82, 2.24) is 0 Å². The van der Waals surface area contributed by atoms with Gasteiger partial charge in [-0.2, -0.15) is 0 Å². The van der Waals surface area contributed by atoms with E-state index >= 15 is 0 Å². The third-order valence-corrected chi connectivity index (χ3v) is 6.22. The number of rotatable bonds is 0. The molecule has 0 spiro atoms. The molecule has 0 N–H and O–H groups in total. The number of hydrogen-bond acceptors (Lipinski definition) is 0. The first-order chi connectivity index (χ1) is 5.75. The van der Waals surface area contributed by atoms with Crippen LogP contribution in [0.2, 0.25) is 0 Å². The fraction of sp³-hybridized carbons (Fsp3) is 1.00. The summed E-state index contributed by atoms with van der Waals surface area (Å²) in [4.78, 5) is 0. The van der Waals surface area contributed by atoms with E-state index in [0.717, 1.165) is 0 Å². The predicted octanol–water partition coefficient (Wildman–Crippen LogP) is 6.67. The third kappa shape index (κ3) is 3.88. The average molecular weight is 783 g/mol. The Bertz CT molecular complexity index is 170. The first-order valence-corrected chi connectivity index (χ1v) is 9.79. The minimum Gasteiger partial charge on any atom is -0.219 e. The molecule has 0 rings (SSSR count). The number of alkyl halides is 9. The maximum Gasteiger partial charge on any atom is 0.208 e. The minimum absolute atomic E-state index is 1.08. The molecule has 0 fully saturated rings. The van der Waals surface area contributed by atoms with Crippen molar-refractivity contribution >= 4 is 143 Å². The summed E-state index contributed by atoms with van der Waals surface area (Å²) in [6.07, 6.45) is 0. The van der Waals surface area contributed by atoms with Gasteiger partial charge in [0.15, 0.2) is 6.43 Å². The Hall–Kier alpha value is 4.28. The molecule has 0 aromatic heterocycles. The highest BCUT2D eigenvalue weighted by atomic mass is 80.0. The minimum atomic E-state index is -1.69. The highest BCUT2D eigenvalue weighted by Gasteiger charge is 2.69. The van der Waals surface area contributed by atoms with E-state index in [0.29, 0.717) is 0 Å². The fourth-order valence-corrected chi connectivity index (χ4v) is 13.0. The molecular weight excluding hydrogens is 783 g/mol. The Balaban J connectivity index is 5.54. The lowest BCUT2D eigenvalue weighted by molar-refractivity contribution is 0.00691. The Morgan fingerprint density at radius 2 is 0.643 bits per heavy atom. The lowest BCUT2D eigenvalue weighted by Gasteiger charge is -2.44. The zero-order valence-electron chi connectivity index (χ0n) is 5.81. The summed E-state index contributed by atoms with van der Waals surface area (Å²) in [5.74, 6) is 0. The molecule has 0 aliphatic carbocycles. The molecule has 14 heavy (non-hydrogen) atoms. The van der Waals surface area contributed by atoms with Crippen molar-refractivity contribution in [2.75, 3.05) is 0 Å². The summed E-state index contributed by atoms with van der Waals surface area (Å²) in [7, 11) is 0. The molecule has 0 bridgehead atoms. The zero-order chi connectivity index (χ0) is 12.0. The molecular formula is C4Br9O. The van der Waals surface area contributed by atoms with Crippen LogP contribution in [-0.2, 0) is 5.11 Å². The summed E-state index contributed by atoms with van der Waals surface area (Å²) < 4.78 is -3.23. The lowest BCUT2D eigenvalue weighted by Crippen LogP contribution is -2.59. The van der Waals surface area contributed by atoms with E-state index in [1.165, 1.54) is 0 Å². The maximum atomic E-state index is 12.7. The van der Waals surface area contributed by atoms with E-state index in [9.17, 15) is 5.11 Å². The summed E-state index contributed by atoms with van der Waals surface area (Å²) in [6, 6.07) is 0. The van der Waals surface area contributed by atoms with E-state index in [2.05, 4.69) is 143 Å². The van der Waals surface area contributed by atoms with E-state index in [1.807, 2.05) is 0 Å². The normalized spacial score (nSPS) is 15.9. The fourth-order valence-electron chi connectivity index (χ4n) is 0.482. The Morgan fingerprint density at radius 1 is 0.500 bits per heavy atom. The van der Waals surface area contributed by atoms with Crippen molar-refractivity contribution in [2.45, 2.75) is 12.0 Å². The molecule has 0 amide bonds. The summed E-state index contributed by atoms with van der Waals surface area (Å²) in [6.45, 7) is 0. The van der Waals surface area contributed by atoms with Gasteiger partial charge in [0.05, 0.1) is 0 Å². The first-order valence-electron chi connectivity index (χ1n) is 2.65. The van der Waals surface area contributed by atoms with Crippen LogP contribution < -0.4 is 0 Å². The van der Waals surface area contributed by atoms with Gasteiger partial charge in [-0.1, -0.05) is 143 Å². The standard InChI is InChI=1S/C4Br9O/c5-2(6,7)1(14,3(8,9)10)4(11,12)13. The third-order valence-electron chi connectivity index (χ3n) is 1.20. The van der Waals surface area contributed by atoms with Gasteiger partial charge in [-0.25, -0.2) is 5.11 Å². The highest BCUT2D eigenvalue weighted by molar-refractivity contribution is 9.42. The van der Waals surface area contributed by atoms with Crippen LogP contribution in [0.3, 0.4) is 0 Å². The smallest absolute Gasteiger partial charge is 0.208 e. The molecule has 0 heterocycles. The van der Waals surface area contributed by atoms with E-state index < -0.39 is 12.0 Å². The van der Waals surface area contributed by atoms with E-state index in [1.54, 1.807) is 0 Å². The second kappa shape index (κ2) is 5.73. The molecule has 0 aliphatic rings. The van der Waals surface area contributed by atoms with Gasteiger partial charge in [-0.15, -0.1) is 0 Å². The predicted molar refractivity (Wildman–Crippen MR) is 92.0 cm³/mol. The van der Waals surface area contributed by atoms with Crippen LogP contribution in [0.5, 0.6) is 0 Å². The van der Waals surface area contributed by atoms with Crippen LogP contribution in [0.1, 0.15) is 0 Å². The van der Waals surface area contributed by atoms with Gasteiger partial charge in [0.1, 0.15) is 0 Å². The van der Waals surface area contributed by atoms with E-state index in [-0.39, 0.29) is 0 Å². The number of hydrogen-bond donors (Lipinski definition) is 0. The van der Waals surface area contributed by atoms with Gasteiger partial charge >= 0.3 is 0 Å². The topological polar surface area (TPSA) is 19.9 Å². The Kier molecular flexibility index (Phi) is 7.48. The zero-order valence-corrected chi connectivity index (χ0v) is 20.1. The molecule has 0 aliphatic heterocycles. The van der Waals surface area contributed by atoms with Gasteiger partial charge in [0.25, 0.3) is 0 Å². The molecule has 1 nitrogen and oxygen atoms in total. The van der Waals surface area contributed by atoms with Gasteiger partial charge in [0, 0.05) is 0 Å². The maximum absolute atomic E-state index is 12.7. The van der Waals surface area contributed by atoms with Crippen LogP contribution >= 0.6 is 143 Å². The summed E-state index contributed by atoms with van der Waals surface area (Å²) in [5, 5.41) is 12.7. The quantitative estimate of drug-likeness (QED) is 0.245. The van der Waals surface area contributed by atoms with Crippen molar-refractivity contribution in [3.8, 4) is 0 Å². The summed E-state index contributed by atoms with van der Waals surface area (Å²) in [5.41, 5.74) is -1.69. The first kappa shape index (κ1) is 18.3. The average Bonchev–Trinajstić information content (AvgIpc) is 1.77. The van der Waals surface area contributed by atoms with Crippen molar-refractivity contribution in [3.05, 3.63) is 0 Å². The highest BCUT2D eigenvalue weighted by Crippen LogP contribution is 2.66. The Morgan fingerprint density at radius 3 is 0.643 bits per heavy atom. The molecule has 0 aromatic carbocycles. The largest absolute Gasteiger partial charge is 0.219 e. The Labute approximate surface area is 157 Å². The molecule has 0 saturated carbocycles. The van der Waals surface area contributed by atoms with Crippen molar-refractivity contribution in [3.63, 3.8) is 0 Å². The van der Waals surface area contributed by atoms with Gasteiger partial charge in [-0.3, -0.25) is 0 Å². The van der Waals surface area contributed by atoms with Gasteiger partial charge in [-0.05, 0) is 0 Å². The number of halogens is 9. The second-order valence-electron chi connectivity index (χ2n) is 2.17. The van der Waals surface area contributed by atoms with Gasteiger partial charge < -0.3 is 0 Å². The van der Waals surface area contributed by atoms with E-state index in [4.69, 9.17) is 0 Å². The van der Waals surface area contributed by atoms with Crippen LogP contribution in [0.15, 0.2) is 0 Å². The lowest BCUT2D eigenvalue weighted by atomic mass is 10.2. The summed E-state index contributed by atoms with van der Waals surface area (Å²) >= 11 is 28.9.